The highest BCUT2D eigenvalue weighted by Gasteiger charge is 2.62. The molecule has 2 aliphatic carbocycles. The number of carbonyl (C=O) groups is 3. The summed E-state index contributed by atoms with van der Waals surface area (Å²) >= 11 is 0. The lowest BCUT2D eigenvalue weighted by atomic mass is 9.81. The van der Waals surface area contributed by atoms with Gasteiger partial charge in [-0.25, -0.2) is 0 Å². The summed E-state index contributed by atoms with van der Waals surface area (Å²) in [7, 11) is 0. The van der Waals surface area contributed by atoms with Crippen LogP contribution in [0.5, 0.6) is 0 Å². The fourth-order valence-electron chi connectivity index (χ4n) is 5.80. The lowest BCUT2D eigenvalue weighted by Gasteiger charge is -2.27. The maximum atomic E-state index is 13.4. The number of nitrogens with one attached hydrogen (secondary N) is 1. The van der Waals surface area contributed by atoms with Gasteiger partial charge in [0.05, 0.1) is 16.8 Å². The number of nitrogens with zero attached hydrogens (tertiary/aromatic N) is 2. The molecule has 5 rings (SSSR count). The van der Waals surface area contributed by atoms with Gasteiger partial charge in [-0.1, -0.05) is 36.4 Å². The normalized spacial score (nSPS) is 26.8. The van der Waals surface area contributed by atoms with Gasteiger partial charge >= 0.3 is 0 Å². The summed E-state index contributed by atoms with van der Waals surface area (Å²) in [6.45, 7) is 0. The predicted octanol–water partition coefficient (Wildman–Crippen LogP) is 3.18. The summed E-state index contributed by atoms with van der Waals surface area (Å²) < 4.78 is 0. The first-order valence-electron chi connectivity index (χ1n) is 10.9. The quantitative estimate of drug-likeness (QED) is 0.427. The zero-order valence-electron chi connectivity index (χ0n) is 17.3. The number of nitro benzene ring substituents is 1. The van der Waals surface area contributed by atoms with Crippen LogP contribution >= 0.6 is 0 Å². The number of carbonyl (C=O) groups excluding carboxylic acids is 3. The molecule has 0 aromatic heterocycles. The maximum Gasteiger partial charge on any atom is 0.271 e. The van der Waals surface area contributed by atoms with Gasteiger partial charge in [-0.05, 0) is 42.7 Å². The topological polar surface area (TPSA) is 110 Å². The molecular formula is C24H23N3O5. The van der Waals surface area contributed by atoms with E-state index in [2.05, 4.69) is 5.32 Å². The maximum absolute atomic E-state index is 13.4. The van der Waals surface area contributed by atoms with E-state index >= 15 is 0 Å². The molecule has 8 nitrogen and oxygen atoms in total. The van der Waals surface area contributed by atoms with Crippen molar-refractivity contribution >= 4 is 29.1 Å². The van der Waals surface area contributed by atoms with Crippen molar-refractivity contribution in [2.75, 3.05) is 5.32 Å². The third-order valence-corrected chi connectivity index (χ3v) is 7.17. The molecule has 3 aliphatic rings. The molecule has 2 bridgehead atoms. The van der Waals surface area contributed by atoms with Crippen LogP contribution in [0, 0.1) is 33.8 Å². The van der Waals surface area contributed by atoms with E-state index in [1.165, 1.54) is 23.1 Å². The van der Waals surface area contributed by atoms with Crippen molar-refractivity contribution in [2.24, 2.45) is 23.7 Å². The Kier molecular flexibility index (Phi) is 5.00. The molecule has 1 saturated heterocycles. The molecule has 2 saturated carbocycles. The number of imide groups is 1. The Morgan fingerprint density at radius 3 is 2.31 bits per heavy atom. The molecule has 164 valence electrons. The number of amides is 3. The highest BCUT2D eigenvalue weighted by atomic mass is 16.6. The van der Waals surface area contributed by atoms with Crippen LogP contribution in [-0.2, 0) is 20.8 Å². The summed E-state index contributed by atoms with van der Waals surface area (Å²) in [4.78, 5) is 51.8. The van der Waals surface area contributed by atoms with Gasteiger partial charge in [-0.2, -0.15) is 0 Å². The van der Waals surface area contributed by atoms with Crippen molar-refractivity contribution < 1.29 is 19.3 Å². The third-order valence-electron chi connectivity index (χ3n) is 7.17. The largest absolute Gasteiger partial charge is 0.324 e. The highest BCUT2D eigenvalue weighted by Crippen LogP contribution is 2.56. The van der Waals surface area contributed by atoms with Crippen molar-refractivity contribution in [1.82, 2.24) is 4.90 Å². The number of anilines is 1. The van der Waals surface area contributed by atoms with Crippen LogP contribution in [0.1, 0.15) is 24.8 Å². The third kappa shape index (κ3) is 3.36. The zero-order valence-corrected chi connectivity index (χ0v) is 17.3. The Morgan fingerprint density at radius 1 is 1.03 bits per heavy atom. The van der Waals surface area contributed by atoms with Crippen LogP contribution in [0.3, 0.4) is 0 Å². The van der Waals surface area contributed by atoms with Gasteiger partial charge in [0.1, 0.15) is 6.04 Å². The number of fused-ring (bicyclic) bond motifs is 5. The summed E-state index contributed by atoms with van der Waals surface area (Å²) in [5.41, 5.74) is 0.927. The molecule has 0 radical (unpaired) electrons. The summed E-state index contributed by atoms with van der Waals surface area (Å²) in [5.74, 6) is -1.20. The van der Waals surface area contributed by atoms with E-state index in [-0.39, 0.29) is 53.3 Å². The number of benzene rings is 2. The van der Waals surface area contributed by atoms with Gasteiger partial charge in [0, 0.05) is 24.2 Å². The number of hydrogen-bond acceptors (Lipinski definition) is 5. The van der Waals surface area contributed by atoms with Crippen LogP contribution in [0.2, 0.25) is 0 Å². The second kappa shape index (κ2) is 7.85. The van der Waals surface area contributed by atoms with Crippen LogP contribution in [-0.4, -0.2) is 33.6 Å². The van der Waals surface area contributed by atoms with Crippen molar-refractivity contribution in [2.45, 2.75) is 31.7 Å². The SMILES string of the molecule is O=C(Nc1cccc([N+](=O)[O-])c1)[C@H](Cc1ccccc1)N1C(=O)[C@@H]2[C@H]3CC[C@@H](C3)[C@@H]2C1=O. The molecule has 5 atom stereocenters. The molecule has 0 spiro atoms. The smallest absolute Gasteiger partial charge is 0.271 e. The van der Waals surface area contributed by atoms with Gasteiger partial charge in [0.2, 0.25) is 17.7 Å². The van der Waals surface area contributed by atoms with Gasteiger partial charge in [0.15, 0.2) is 0 Å². The highest BCUT2D eigenvalue weighted by molar-refractivity contribution is 6.10. The molecule has 2 aromatic carbocycles. The van der Waals surface area contributed by atoms with Crippen molar-refractivity contribution in [1.29, 1.82) is 0 Å². The number of nitro groups is 1. The number of rotatable bonds is 6. The second-order valence-electron chi connectivity index (χ2n) is 8.93. The van der Waals surface area contributed by atoms with E-state index in [0.29, 0.717) is 0 Å². The summed E-state index contributed by atoms with van der Waals surface area (Å²) in [6.07, 6.45) is 3.03. The minimum Gasteiger partial charge on any atom is -0.324 e. The van der Waals surface area contributed by atoms with Crippen molar-refractivity contribution in [3.05, 3.63) is 70.3 Å². The molecule has 3 fully saturated rings. The Labute approximate surface area is 184 Å². The van der Waals surface area contributed by atoms with Crippen molar-refractivity contribution in [3.8, 4) is 0 Å². The molecule has 2 aromatic rings. The fourth-order valence-corrected chi connectivity index (χ4v) is 5.80. The molecule has 0 unspecified atom stereocenters. The monoisotopic (exact) mass is 433 g/mol. The van der Waals surface area contributed by atoms with Crippen LogP contribution < -0.4 is 5.32 Å². The van der Waals surface area contributed by atoms with E-state index in [9.17, 15) is 24.5 Å². The van der Waals surface area contributed by atoms with Gasteiger partial charge in [0.25, 0.3) is 5.69 Å². The number of hydrogen-bond donors (Lipinski definition) is 1. The fraction of sp³-hybridized carbons (Fsp3) is 0.375. The van der Waals surface area contributed by atoms with E-state index < -0.39 is 16.9 Å². The zero-order chi connectivity index (χ0) is 22.4. The van der Waals surface area contributed by atoms with Crippen LogP contribution in [0.15, 0.2) is 54.6 Å². The van der Waals surface area contributed by atoms with Gasteiger partial charge in [-0.15, -0.1) is 0 Å². The van der Waals surface area contributed by atoms with E-state index in [0.717, 1.165) is 24.8 Å². The van der Waals surface area contributed by atoms with E-state index in [1.54, 1.807) is 6.07 Å². The molecule has 1 heterocycles. The number of non-ortho nitro benzene ring substituents is 1. The lowest BCUT2D eigenvalue weighted by molar-refractivity contribution is -0.384. The Morgan fingerprint density at radius 2 is 1.69 bits per heavy atom. The van der Waals surface area contributed by atoms with Crippen LogP contribution in [0.25, 0.3) is 0 Å². The van der Waals surface area contributed by atoms with Gasteiger partial charge in [-0.3, -0.25) is 29.4 Å². The Hall–Kier alpha value is -3.55. The summed E-state index contributed by atoms with van der Waals surface area (Å²) in [5, 5.41) is 13.8. The standard InChI is InChI=1S/C24H23N3O5/c28-22(25-17-7-4-8-18(13-17)27(31)32)19(11-14-5-2-1-3-6-14)26-23(29)20-15-9-10-16(12-15)21(20)24(26)30/h1-8,13,15-16,19-21H,9-12H2,(H,25,28)/t15-,16-,19-,20-,21+/m0/s1. The molecule has 1 N–H and O–H groups in total. The second-order valence-corrected chi connectivity index (χ2v) is 8.93. The average Bonchev–Trinajstić information content (AvgIpc) is 3.47. The predicted molar refractivity (Wildman–Crippen MR) is 115 cm³/mol. The Balaban J connectivity index is 1.45. The lowest BCUT2D eigenvalue weighted by Crippen LogP contribution is -2.49. The molecule has 32 heavy (non-hydrogen) atoms. The minimum absolute atomic E-state index is 0.151. The number of likely N-dealkylation sites (tertiary alicyclic amines) is 1. The van der Waals surface area contributed by atoms with Gasteiger partial charge < -0.3 is 5.32 Å². The average molecular weight is 433 g/mol. The van der Waals surface area contributed by atoms with E-state index in [4.69, 9.17) is 0 Å². The summed E-state index contributed by atoms with van der Waals surface area (Å²) in [6, 6.07) is 13.9. The van der Waals surface area contributed by atoms with Crippen molar-refractivity contribution in [3.63, 3.8) is 0 Å². The molecule has 8 heteroatoms. The molecular weight excluding hydrogens is 410 g/mol. The minimum atomic E-state index is -1.01. The first kappa shape index (κ1) is 20.4. The first-order chi connectivity index (χ1) is 15.4. The first-order valence-corrected chi connectivity index (χ1v) is 10.9. The molecule has 1 aliphatic heterocycles. The van der Waals surface area contributed by atoms with Crippen LogP contribution in [0.4, 0.5) is 11.4 Å². The van der Waals surface area contributed by atoms with E-state index in [1.807, 2.05) is 30.3 Å². The Bertz CT molecular complexity index is 1070. The molecule has 3 amide bonds.